The lowest BCUT2D eigenvalue weighted by Crippen LogP contribution is -2.25. The van der Waals surface area contributed by atoms with E-state index in [-0.39, 0.29) is 30.1 Å². The number of nitrogens with zero attached hydrogens (tertiary/aromatic N) is 3. The molecule has 37 heavy (non-hydrogen) atoms. The number of hydrazone groups is 1. The van der Waals surface area contributed by atoms with E-state index >= 15 is 0 Å². The normalized spacial score (nSPS) is 19.1. The van der Waals surface area contributed by atoms with Gasteiger partial charge in [0.1, 0.15) is 11.1 Å². The summed E-state index contributed by atoms with van der Waals surface area (Å²) in [6.45, 7) is 5.97. The molecule has 0 spiro atoms. The zero-order valence-electron chi connectivity index (χ0n) is 20.9. The van der Waals surface area contributed by atoms with E-state index in [4.69, 9.17) is 5.10 Å². The van der Waals surface area contributed by atoms with Crippen LogP contribution >= 0.6 is 11.8 Å². The Labute approximate surface area is 219 Å². The molecule has 2 heterocycles. The van der Waals surface area contributed by atoms with Gasteiger partial charge in [-0.15, -0.1) is 0 Å². The van der Waals surface area contributed by atoms with E-state index in [1.54, 1.807) is 17.1 Å². The van der Waals surface area contributed by atoms with Crippen molar-refractivity contribution in [2.75, 3.05) is 5.32 Å². The molecule has 0 unspecified atom stereocenters. The van der Waals surface area contributed by atoms with Crippen molar-refractivity contribution in [1.82, 2.24) is 5.01 Å². The van der Waals surface area contributed by atoms with Crippen molar-refractivity contribution in [3.8, 4) is 0 Å². The van der Waals surface area contributed by atoms with E-state index in [1.165, 1.54) is 23.9 Å². The third kappa shape index (κ3) is 5.64. The van der Waals surface area contributed by atoms with E-state index in [0.29, 0.717) is 17.3 Å². The second-order valence-corrected chi connectivity index (χ2v) is 10.7. The lowest BCUT2D eigenvalue weighted by atomic mass is 9.98. The molecule has 2 aliphatic rings. The molecule has 0 aliphatic carbocycles. The van der Waals surface area contributed by atoms with Crippen molar-refractivity contribution in [2.24, 2.45) is 10.1 Å². The van der Waals surface area contributed by atoms with E-state index in [1.807, 2.05) is 63.2 Å². The fourth-order valence-corrected chi connectivity index (χ4v) is 5.64. The monoisotopic (exact) mass is 514 g/mol. The third-order valence-corrected chi connectivity index (χ3v) is 7.49. The Morgan fingerprint density at radius 3 is 2.35 bits per heavy atom. The Balaban J connectivity index is 1.35. The molecule has 3 aromatic rings. The fourth-order valence-electron chi connectivity index (χ4n) is 4.58. The van der Waals surface area contributed by atoms with Crippen molar-refractivity contribution in [3.63, 3.8) is 0 Å². The molecule has 6 nitrogen and oxygen atoms in total. The molecule has 1 N–H and O–H groups in total. The first-order valence-corrected chi connectivity index (χ1v) is 13.0. The minimum absolute atomic E-state index is 0.0149. The van der Waals surface area contributed by atoms with Crippen molar-refractivity contribution in [2.45, 2.75) is 44.9 Å². The van der Waals surface area contributed by atoms with Gasteiger partial charge >= 0.3 is 0 Å². The molecule has 0 aromatic heterocycles. The van der Waals surface area contributed by atoms with Gasteiger partial charge in [0.15, 0.2) is 5.17 Å². The summed E-state index contributed by atoms with van der Waals surface area (Å²) in [6.07, 6.45) is 0.599. The maximum atomic E-state index is 13.5. The first-order valence-electron chi connectivity index (χ1n) is 12.1. The van der Waals surface area contributed by atoms with Crippen molar-refractivity contribution in [3.05, 3.63) is 100 Å². The van der Waals surface area contributed by atoms with Crippen LogP contribution in [0.4, 0.5) is 10.1 Å². The number of aliphatic imine (C=N–C) groups is 1. The van der Waals surface area contributed by atoms with Crippen LogP contribution in [0.3, 0.4) is 0 Å². The minimum atomic E-state index is -0.621. The summed E-state index contributed by atoms with van der Waals surface area (Å²) in [6, 6.07) is 20.1. The number of carbonyl (C=O) groups is 2. The number of benzene rings is 3. The van der Waals surface area contributed by atoms with E-state index < -0.39 is 5.25 Å². The number of amidine groups is 1. The molecule has 0 radical (unpaired) electrons. The number of carbonyl (C=O) groups excluding carboxylic acids is 2. The molecule has 0 bridgehead atoms. The van der Waals surface area contributed by atoms with Gasteiger partial charge in [-0.2, -0.15) is 10.1 Å². The number of nitrogens with one attached hydrogen (secondary N) is 1. The Morgan fingerprint density at radius 2 is 1.68 bits per heavy atom. The van der Waals surface area contributed by atoms with Crippen LogP contribution in [0.25, 0.3) is 0 Å². The van der Waals surface area contributed by atoms with Crippen LogP contribution in [-0.4, -0.2) is 33.0 Å². The number of aryl methyl sites for hydroxylation is 3. The van der Waals surface area contributed by atoms with Crippen LogP contribution in [0.5, 0.6) is 0 Å². The molecule has 2 atom stereocenters. The summed E-state index contributed by atoms with van der Waals surface area (Å²) in [7, 11) is 0. The number of thioether (sulfide) groups is 1. The van der Waals surface area contributed by atoms with Gasteiger partial charge in [0.25, 0.3) is 5.91 Å². The molecule has 2 aliphatic heterocycles. The van der Waals surface area contributed by atoms with Gasteiger partial charge in [0.05, 0.1) is 11.8 Å². The average molecular weight is 515 g/mol. The summed E-state index contributed by atoms with van der Waals surface area (Å²) >= 11 is 1.26. The summed E-state index contributed by atoms with van der Waals surface area (Å²) in [4.78, 5) is 29.9. The smallest absolute Gasteiger partial charge is 0.262 e. The largest absolute Gasteiger partial charge is 0.326 e. The number of rotatable bonds is 5. The van der Waals surface area contributed by atoms with Crippen molar-refractivity contribution in [1.29, 1.82) is 0 Å². The summed E-state index contributed by atoms with van der Waals surface area (Å²) < 4.78 is 13.5. The van der Waals surface area contributed by atoms with Crippen LogP contribution < -0.4 is 5.32 Å². The molecule has 2 amide bonds. The summed E-state index contributed by atoms with van der Waals surface area (Å²) in [5, 5.41) is 9.33. The van der Waals surface area contributed by atoms with Gasteiger partial charge < -0.3 is 5.32 Å². The zero-order valence-corrected chi connectivity index (χ0v) is 21.7. The molecule has 0 fully saturated rings. The van der Waals surface area contributed by atoms with Crippen LogP contribution in [0.15, 0.2) is 76.8 Å². The topological polar surface area (TPSA) is 74.1 Å². The molecule has 0 saturated heterocycles. The lowest BCUT2D eigenvalue weighted by Gasteiger charge is -2.23. The maximum absolute atomic E-state index is 13.5. The highest BCUT2D eigenvalue weighted by Crippen LogP contribution is 2.38. The Morgan fingerprint density at radius 1 is 1.00 bits per heavy atom. The lowest BCUT2D eigenvalue weighted by molar-refractivity contribution is -0.121. The van der Waals surface area contributed by atoms with E-state index in [0.717, 1.165) is 33.5 Å². The fraction of sp³-hybridized carbons (Fsp3) is 0.241. The zero-order chi connectivity index (χ0) is 26.1. The van der Waals surface area contributed by atoms with Gasteiger partial charge in [-0.1, -0.05) is 59.8 Å². The molecular formula is C29H27FN4O2S. The average Bonchev–Trinajstić information content (AvgIpc) is 3.43. The summed E-state index contributed by atoms with van der Waals surface area (Å²) in [5.74, 6) is -0.888. The second kappa shape index (κ2) is 10.3. The van der Waals surface area contributed by atoms with Gasteiger partial charge in [-0.05, 0) is 67.3 Å². The second-order valence-electron chi connectivity index (χ2n) is 9.50. The molecule has 188 valence electrons. The van der Waals surface area contributed by atoms with E-state index in [9.17, 15) is 14.0 Å². The van der Waals surface area contributed by atoms with E-state index in [2.05, 4.69) is 10.3 Å². The molecule has 5 rings (SSSR count). The number of halogens is 1. The molecule has 8 heteroatoms. The molecule has 3 aromatic carbocycles. The summed E-state index contributed by atoms with van der Waals surface area (Å²) in [5.41, 5.74) is 6.62. The first kappa shape index (κ1) is 24.9. The number of anilines is 1. The number of hydrogen-bond acceptors (Lipinski definition) is 5. The Kier molecular flexibility index (Phi) is 6.93. The van der Waals surface area contributed by atoms with Gasteiger partial charge in [0, 0.05) is 18.5 Å². The van der Waals surface area contributed by atoms with Gasteiger partial charge in [-0.25, -0.2) is 9.40 Å². The standard InChI is InChI=1S/C29H27FN4O2S/c1-17-4-6-21(7-5-17)25-15-24(20-8-10-22(30)11-9-20)33-34(25)29-32-28(36)26(37-29)16-27(35)31-23-13-18(2)12-19(3)14-23/h4-14,25-26H,15-16H2,1-3H3,(H,31,35)/t25-,26-/m0/s1. The highest BCUT2D eigenvalue weighted by molar-refractivity contribution is 8.15. The quantitative estimate of drug-likeness (QED) is 0.458. The minimum Gasteiger partial charge on any atom is -0.326 e. The number of amides is 2. The maximum Gasteiger partial charge on any atom is 0.262 e. The predicted octanol–water partition coefficient (Wildman–Crippen LogP) is 5.93. The number of hydrogen-bond donors (Lipinski definition) is 1. The third-order valence-electron chi connectivity index (χ3n) is 6.35. The van der Waals surface area contributed by atoms with Crippen molar-refractivity contribution >= 4 is 40.1 Å². The SMILES string of the molecule is Cc1ccc([C@@H]2CC(c3ccc(F)cc3)=NN2C2=NC(=O)[C@H](CC(=O)Nc3cc(C)cc(C)c3)S2)cc1. The van der Waals surface area contributed by atoms with Gasteiger partial charge in [-0.3, -0.25) is 9.59 Å². The Bertz CT molecular complexity index is 1400. The van der Waals surface area contributed by atoms with Gasteiger partial charge in [0.2, 0.25) is 5.91 Å². The highest BCUT2D eigenvalue weighted by atomic mass is 32.2. The Hall–Kier alpha value is -3.78. The molecule has 0 saturated carbocycles. The van der Waals surface area contributed by atoms with Crippen molar-refractivity contribution < 1.29 is 14.0 Å². The van der Waals surface area contributed by atoms with Crippen LogP contribution in [0, 0.1) is 26.6 Å². The first-order chi connectivity index (χ1) is 17.7. The molecular weight excluding hydrogens is 487 g/mol. The van der Waals surface area contributed by atoms with Crippen LogP contribution in [0.1, 0.15) is 46.7 Å². The van der Waals surface area contributed by atoms with Crippen LogP contribution in [0.2, 0.25) is 0 Å². The predicted molar refractivity (Wildman–Crippen MR) is 146 cm³/mol. The van der Waals surface area contributed by atoms with Crippen LogP contribution in [-0.2, 0) is 9.59 Å². The highest BCUT2D eigenvalue weighted by Gasteiger charge is 2.39.